The SMILES string of the molecule is FC(F)(F)C1(C(F)(F)F)N[C@@H]2[C@H](Cl)[C@@H]1C[C@@H]2Cl. The Morgan fingerprint density at radius 2 is 1.47 bits per heavy atom. The van der Waals surface area contributed by atoms with E-state index < -0.39 is 47.0 Å². The van der Waals surface area contributed by atoms with Gasteiger partial charge in [0.2, 0.25) is 5.54 Å². The van der Waals surface area contributed by atoms with E-state index >= 15 is 0 Å². The summed E-state index contributed by atoms with van der Waals surface area (Å²) in [5, 5.41) is -0.499. The molecule has 2 rings (SSSR count). The molecule has 2 aliphatic rings. The lowest BCUT2D eigenvalue weighted by molar-refractivity contribution is -0.318. The Morgan fingerprint density at radius 3 is 1.71 bits per heavy atom. The van der Waals surface area contributed by atoms with Crippen molar-refractivity contribution in [2.75, 3.05) is 0 Å². The Labute approximate surface area is 102 Å². The van der Waals surface area contributed by atoms with E-state index in [1.807, 2.05) is 0 Å². The summed E-state index contributed by atoms with van der Waals surface area (Å²) < 4.78 is 76.7. The van der Waals surface area contributed by atoms with Gasteiger partial charge in [0.25, 0.3) is 0 Å². The van der Waals surface area contributed by atoms with Crippen molar-refractivity contribution in [3.63, 3.8) is 0 Å². The maximum atomic E-state index is 12.8. The summed E-state index contributed by atoms with van der Waals surface area (Å²) in [4.78, 5) is 0. The van der Waals surface area contributed by atoms with E-state index in [9.17, 15) is 26.3 Å². The molecule has 1 heterocycles. The molecule has 0 radical (unpaired) electrons. The van der Waals surface area contributed by atoms with Crippen molar-refractivity contribution in [3.8, 4) is 0 Å². The van der Waals surface area contributed by atoms with Crippen molar-refractivity contribution in [1.82, 2.24) is 5.32 Å². The lowest BCUT2D eigenvalue weighted by Gasteiger charge is -2.41. The molecule has 0 aromatic carbocycles. The molecular weight excluding hydrogens is 295 g/mol. The summed E-state index contributed by atoms with van der Waals surface area (Å²) in [7, 11) is 0. The molecule has 0 amide bonds. The quantitative estimate of drug-likeness (QED) is 0.536. The van der Waals surface area contributed by atoms with Gasteiger partial charge in [-0.1, -0.05) is 0 Å². The van der Waals surface area contributed by atoms with Gasteiger partial charge in [0.1, 0.15) is 0 Å². The van der Waals surface area contributed by atoms with E-state index in [0.29, 0.717) is 0 Å². The molecule has 0 aromatic heterocycles. The van der Waals surface area contributed by atoms with Crippen molar-refractivity contribution < 1.29 is 26.3 Å². The highest BCUT2D eigenvalue weighted by molar-refractivity contribution is 6.26. The van der Waals surface area contributed by atoms with Gasteiger partial charge in [0.15, 0.2) is 0 Å². The van der Waals surface area contributed by atoms with Crippen LogP contribution in [0.1, 0.15) is 6.42 Å². The molecule has 0 aromatic rings. The smallest absolute Gasteiger partial charge is 0.290 e. The first-order valence-electron chi connectivity index (χ1n) is 4.71. The summed E-state index contributed by atoms with van der Waals surface area (Å²) in [5.41, 5.74) is -3.93. The summed E-state index contributed by atoms with van der Waals surface area (Å²) >= 11 is 11.3. The summed E-state index contributed by atoms with van der Waals surface area (Å²) in [6.07, 6.45) is -11.3. The fourth-order valence-electron chi connectivity index (χ4n) is 2.67. The lowest BCUT2D eigenvalue weighted by Crippen LogP contribution is -2.70. The van der Waals surface area contributed by atoms with E-state index in [-0.39, 0.29) is 0 Å². The maximum absolute atomic E-state index is 12.8. The van der Waals surface area contributed by atoms with Crippen LogP contribution in [0.15, 0.2) is 0 Å². The zero-order valence-corrected chi connectivity index (χ0v) is 9.55. The largest absolute Gasteiger partial charge is 0.415 e. The minimum Gasteiger partial charge on any atom is -0.290 e. The van der Waals surface area contributed by atoms with Gasteiger partial charge in [-0.2, -0.15) is 26.3 Å². The molecule has 0 unspecified atom stereocenters. The normalized spacial score (nSPS) is 40.9. The van der Waals surface area contributed by atoms with Crippen LogP contribution in [-0.4, -0.2) is 34.7 Å². The number of nitrogens with one attached hydrogen (secondary N) is 1. The van der Waals surface area contributed by atoms with Gasteiger partial charge in [-0.25, -0.2) is 0 Å². The topological polar surface area (TPSA) is 12.0 Å². The molecule has 9 heteroatoms. The third-order valence-electron chi connectivity index (χ3n) is 3.44. The number of alkyl halides is 8. The van der Waals surface area contributed by atoms with E-state index in [2.05, 4.69) is 0 Å². The van der Waals surface area contributed by atoms with Crippen LogP contribution in [0.3, 0.4) is 0 Å². The van der Waals surface area contributed by atoms with Gasteiger partial charge in [-0.3, -0.25) is 5.32 Å². The number of hydrogen-bond donors (Lipinski definition) is 1. The first-order valence-corrected chi connectivity index (χ1v) is 5.59. The van der Waals surface area contributed by atoms with E-state index in [4.69, 9.17) is 23.2 Å². The molecule has 1 N–H and O–H groups in total. The lowest BCUT2D eigenvalue weighted by atomic mass is 9.82. The summed E-state index contributed by atoms with van der Waals surface area (Å²) in [5.74, 6) is -1.78. The van der Waals surface area contributed by atoms with Gasteiger partial charge in [0, 0.05) is 12.0 Å². The second kappa shape index (κ2) is 3.57. The minimum absolute atomic E-state index is 0.396. The fraction of sp³-hybridized carbons (Fsp3) is 1.00. The molecule has 4 atom stereocenters. The third-order valence-corrected chi connectivity index (χ3v) is 4.47. The second-order valence-corrected chi connectivity index (χ2v) is 5.34. The van der Waals surface area contributed by atoms with Gasteiger partial charge >= 0.3 is 12.4 Å². The first-order chi connectivity index (χ1) is 7.52. The molecule has 17 heavy (non-hydrogen) atoms. The van der Waals surface area contributed by atoms with Gasteiger partial charge in [-0.15, -0.1) is 23.2 Å². The van der Waals surface area contributed by atoms with E-state index in [1.165, 1.54) is 0 Å². The highest BCUT2D eigenvalue weighted by Gasteiger charge is 2.81. The minimum atomic E-state index is -5.45. The van der Waals surface area contributed by atoms with Crippen molar-refractivity contribution in [1.29, 1.82) is 0 Å². The maximum Gasteiger partial charge on any atom is 0.415 e. The van der Waals surface area contributed by atoms with Gasteiger partial charge in [-0.05, 0) is 6.42 Å². The van der Waals surface area contributed by atoms with Crippen LogP contribution in [0.4, 0.5) is 26.3 Å². The van der Waals surface area contributed by atoms with Crippen molar-refractivity contribution in [2.45, 2.75) is 41.1 Å². The molecule has 2 bridgehead atoms. The Kier molecular flexibility index (Phi) is 2.85. The van der Waals surface area contributed by atoms with Gasteiger partial charge < -0.3 is 0 Å². The van der Waals surface area contributed by atoms with E-state index in [0.717, 1.165) is 0 Å². The number of fused-ring (bicyclic) bond motifs is 2. The Hall–Kier alpha value is 0.120. The van der Waals surface area contributed by atoms with Gasteiger partial charge in [0.05, 0.1) is 10.8 Å². The molecule has 0 spiro atoms. The molecule has 1 saturated carbocycles. The predicted molar refractivity (Wildman–Crippen MR) is 49.2 cm³/mol. The fourth-order valence-corrected chi connectivity index (χ4v) is 3.69. The van der Waals surface area contributed by atoms with Crippen LogP contribution in [0.25, 0.3) is 0 Å². The van der Waals surface area contributed by atoms with Crippen LogP contribution in [0, 0.1) is 5.92 Å². The number of piperidine rings is 1. The highest BCUT2D eigenvalue weighted by Crippen LogP contribution is 2.59. The van der Waals surface area contributed by atoms with Crippen LogP contribution in [-0.2, 0) is 0 Å². The molecule has 100 valence electrons. The molecule has 1 aliphatic carbocycles. The standard InChI is InChI=1S/C8H7Cl2F6N/c9-3-1-2-4(10)5(3)17-6(2,7(11,12)13)8(14,15)16/h2-5,17H,1H2/t2-,3-,4+,5-/m0/s1. The van der Waals surface area contributed by atoms with Crippen molar-refractivity contribution >= 4 is 23.2 Å². The monoisotopic (exact) mass is 301 g/mol. The third kappa shape index (κ3) is 1.58. The zero-order chi connectivity index (χ0) is 13.2. The first kappa shape index (κ1) is 13.5. The highest BCUT2D eigenvalue weighted by atomic mass is 35.5. The van der Waals surface area contributed by atoms with Crippen LogP contribution >= 0.6 is 23.2 Å². The molecule has 2 fully saturated rings. The summed E-state index contributed by atoms with van der Waals surface area (Å²) in [6.45, 7) is 0. The number of halogens is 8. The Morgan fingerprint density at radius 1 is 1.00 bits per heavy atom. The van der Waals surface area contributed by atoms with Crippen molar-refractivity contribution in [2.24, 2.45) is 5.92 Å². The molecular formula is C8H7Cl2F6N. The van der Waals surface area contributed by atoms with Crippen LogP contribution < -0.4 is 5.32 Å². The molecule has 1 aliphatic heterocycles. The second-order valence-electron chi connectivity index (χ2n) is 4.28. The molecule has 1 nitrogen and oxygen atoms in total. The Bertz CT molecular complexity index is 313. The summed E-state index contributed by atoms with van der Waals surface area (Å²) in [6, 6.07) is -1.17. The van der Waals surface area contributed by atoms with E-state index in [1.54, 1.807) is 5.32 Å². The van der Waals surface area contributed by atoms with Crippen LogP contribution in [0.2, 0.25) is 0 Å². The van der Waals surface area contributed by atoms with Crippen LogP contribution in [0.5, 0.6) is 0 Å². The molecule has 1 saturated heterocycles. The number of hydrogen-bond acceptors (Lipinski definition) is 1. The zero-order valence-electron chi connectivity index (χ0n) is 8.04. The van der Waals surface area contributed by atoms with Crippen molar-refractivity contribution in [3.05, 3.63) is 0 Å². The predicted octanol–water partition coefficient (Wildman–Crippen LogP) is 3.06. The average Bonchev–Trinajstić information content (AvgIpc) is 2.53. The Balaban J connectivity index is 2.48. The number of rotatable bonds is 0. The average molecular weight is 302 g/mol.